The highest BCUT2D eigenvalue weighted by atomic mass is 16.5. The smallest absolute Gasteiger partial charge is 0.0662 e. The molecule has 3 rings (SSSR count). The Bertz CT molecular complexity index is 458. The summed E-state index contributed by atoms with van der Waals surface area (Å²) in [7, 11) is 0. The molecule has 0 unspecified atom stereocenters. The van der Waals surface area contributed by atoms with Gasteiger partial charge in [-0.1, -0.05) is 30.7 Å². The molecule has 0 radical (unpaired) electrons. The van der Waals surface area contributed by atoms with Crippen LogP contribution in [0.4, 0.5) is 0 Å². The highest BCUT2D eigenvalue weighted by Gasteiger charge is 2.59. The van der Waals surface area contributed by atoms with Crippen LogP contribution in [0.1, 0.15) is 72.6 Å². The van der Waals surface area contributed by atoms with Crippen molar-refractivity contribution in [2.75, 3.05) is 0 Å². The van der Waals surface area contributed by atoms with Gasteiger partial charge in [0.1, 0.15) is 0 Å². The number of hydrogen-bond donors (Lipinski definition) is 0. The molecule has 0 amide bonds. The lowest BCUT2D eigenvalue weighted by atomic mass is 9.69. The van der Waals surface area contributed by atoms with Crippen molar-refractivity contribution in [1.29, 1.82) is 0 Å². The zero-order valence-electron chi connectivity index (χ0n) is 14.4. The van der Waals surface area contributed by atoms with Crippen molar-refractivity contribution >= 4 is 0 Å². The zero-order chi connectivity index (χ0) is 15.3. The van der Waals surface area contributed by atoms with Crippen LogP contribution in [0.2, 0.25) is 0 Å². The van der Waals surface area contributed by atoms with Crippen LogP contribution in [-0.4, -0.2) is 11.7 Å². The minimum atomic E-state index is 0.0640. The molecule has 3 aliphatic rings. The van der Waals surface area contributed by atoms with Crippen molar-refractivity contribution < 1.29 is 4.74 Å². The molecule has 2 fully saturated rings. The lowest BCUT2D eigenvalue weighted by Gasteiger charge is -2.35. The first-order valence-corrected chi connectivity index (χ1v) is 8.82. The molecule has 2 aliphatic carbocycles. The first-order chi connectivity index (χ1) is 9.82. The van der Waals surface area contributed by atoms with E-state index in [4.69, 9.17) is 4.74 Å². The predicted octanol–water partition coefficient (Wildman–Crippen LogP) is 5.66. The van der Waals surface area contributed by atoms with Gasteiger partial charge in [-0.15, -0.1) is 0 Å². The Kier molecular flexibility index (Phi) is 3.84. The maximum atomic E-state index is 6.56. The number of hydrogen-bond acceptors (Lipinski definition) is 1. The predicted molar refractivity (Wildman–Crippen MR) is 89.3 cm³/mol. The summed E-state index contributed by atoms with van der Waals surface area (Å²) in [4.78, 5) is 0. The summed E-state index contributed by atoms with van der Waals surface area (Å²) in [6.45, 7) is 13.8. The molecule has 118 valence electrons. The van der Waals surface area contributed by atoms with E-state index >= 15 is 0 Å². The maximum absolute atomic E-state index is 6.56. The highest BCUT2D eigenvalue weighted by Crippen LogP contribution is 2.61. The van der Waals surface area contributed by atoms with Crippen molar-refractivity contribution in [2.45, 2.75) is 84.3 Å². The summed E-state index contributed by atoms with van der Waals surface area (Å²) >= 11 is 0. The van der Waals surface area contributed by atoms with Crippen LogP contribution in [0, 0.1) is 17.3 Å². The Morgan fingerprint density at radius 3 is 2.71 bits per heavy atom. The van der Waals surface area contributed by atoms with Crippen LogP contribution in [0.3, 0.4) is 0 Å². The van der Waals surface area contributed by atoms with Gasteiger partial charge in [0.25, 0.3) is 0 Å². The summed E-state index contributed by atoms with van der Waals surface area (Å²) in [5.41, 5.74) is 3.48. The van der Waals surface area contributed by atoms with Crippen LogP contribution in [0.15, 0.2) is 23.8 Å². The molecule has 21 heavy (non-hydrogen) atoms. The second-order valence-corrected chi connectivity index (χ2v) is 8.63. The molecule has 0 aromatic heterocycles. The van der Waals surface area contributed by atoms with E-state index in [2.05, 4.69) is 40.3 Å². The minimum Gasteiger partial charge on any atom is -0.371 e. The lowest BCUT2D eigenvalue weighted by Crippen LogP contribution is -2.32. The fourth-order valence-corrected chi connectivity index (χ4v) is 5.33. The van der Waals surface area contributed by atoms with Gasteiger partial charge < -0.3 is 4.74 Å². The van der Waals surface area contributed by atoms with E-state index in [-0.39, 0.29) is 5.60 Å². The molecule has 0 spiro atoms. The number of ether oxygens (including phenoxy) is 1. The average Bonchev–Trinajstić information content (AvgIpc) is 2.85. The van der Waals surface area contributed by atoms with Gasteiger partial charge in [-0.05, 0) is 83.0 Å². The Balaban J connectivity index is 1.93. The number of rotatable bonds is 0. The molecule has 0 N–H and O–H groups in total. The molecular formula is C20H32O. The van der Waals surface area contributed by atoms with Crippen LogP contribution >= 0.6 is 0 Å². The zero-order valence-corrected chi connectivity index (χ0v) is 14.4. The Morgan fingerprint density at radius 1 is 1.19 bits per heavy atom. The lowest BCUT2D eigenvalue weighted by molar-refractivity contribution is -0.0450. The van der Waals surface area contributed by atoms with E-state index in [9.17, 15) is 0 Å². The third kappa shape index (κ3) is 2.74. The first-order valence-electron chi connectivity index (χ1n) is 8.82. The SMILES string of the molecule is C=C1CC/C=C(\C)C[C@H]2OC(C)(C)[C@H]3CC[C@@](C)(CC1)[C@H]23. The molecule has 1 saturated carbocycles. The highest BCUT2D eigenvalue weighted by molar-refractivity contribution is 5.13. The van der Waals surface area contributed by atoms with Gasteiger partial charge in [0.05, 0.1) is 11.7 Å². The quantitative estimate of drug-likeness (QED) is 0.522. The van der Waals surface area contributed by atoms with E-state index < -0.39 is 0 Å². The van der Waals surface area contributed by atoms with Gasteiger partial charge in [-0.2, -0.15) is 0 Å². The Labute approximate surface area is 130 Å². The molecule has 4 atom stereocenters. The maximum Gasteiger partial charge on any atom is 0.0662 e. The molecule has 1 heteroatoms. The van der Waals surface area contributed by atoms with Crippen molar-refractivity contribution in [3.63, 3.8) is 0 Å². The molecular weight excluding hydrogens is 256 g/mol. The fourth-order valence-electron chi connectivity index (χ4n) is 5.33. The van der Waals surface area contributed by atoms with Gasteiger partial charge >= 0.3 is 0 Å². The van der Waals surface area contributed by atoms with Gasteiger partial charge in [0.2, 0.25) is 0 Å². The molecule has 1 aliphatic heterocycles. The van der Waals surface area contributed by atoms with E-state index in [0.29, 0.717) is 11.5 Å². The van der Waals surface area contributed by atoms with E-state index in [1.807, 2.05) is 0 Å². The van der Waals surface area contributed by atoms with Crippen molar-refractivity contribution in [2.24, 2.45) is 17.3 Å². The summed E-state index contributed by atoms with van der Waals surface area (Å²) in [5.74, 6) is 1.48. The van der Waals surface area contributed by atoms with Crippen LogP contribution < -0.4 is 0 Å². The summed E-state index contributed by atoms with van der Waals surface area (Å²) in [6, 6.07) is 0. The Hall–Kier alpha value is -0.560. The Morgan fingerprint density at radius 2 is 1.95 bits per heavy atom. The van der Waals surface area contributed by atoms with Crippen LogP contribution in [-0.2, 0) is 4.74 Å². The standard InChI is InChI=1S/C20H32O/c1-14-7-6-8-15(2)13-17-18-16(19(3,4)21-17)10-12-20(18,5)11-9-14/h8,16-18H,1,6-7,9-13H2,2-5H3/b15-8+/t16-,17+,18-,20+/m0/s1. The average molecular weight is 288 g/mol. The minimum absolute atomic E-state index is 0.0640. The van der Waals surface area contributed by atoms with Gasteiger partial charge in [-0.25, -0.2) is 0 Å². The molecule has 1 saturated heterocycles. The molecule has 1 heterocycles. The molecule has 0 aromatic carbocycles. The largest absolute Gasteiger partial charge is 0.371 e. The third-order valence-electron chi connectivity index (χ3n) is 6.58. The van der Waals surface area contributed by atoms with Gasteiger partial charge in [-0.3, -0.25) is 0 Å². The summed E-state index contributed by atoms with van der Waals surface area (Å²) in [5, 5.41) is 0. The second-order valence-electron chi connectivity index (χ2n) is 8.63. The van der Waals surface area contributed by atoms with Crippen molar-refractivity contribution in [1.82, 2.24) is 0 Å². The first kappa shape index (κ1) is 15.3. The monoisotopic (exact) mass is 288 g/mol. The fraction of sp³-hybridized carbons (Fsp3) is 0.800. The normalized spacial score (nSPS) is 45.6. The van der Waals surface area contributed by atoms with Gasteiger partial charge in [0.15, 0.2) is 0 Å². The molecule has 0 bridgehead atoms. The van der Waals surface area contributed by atoms with Crippen molar-refractivity contribution in [3.8, 4) is 0 Å². The van der Waals surface area contributed by atoms with Crippen LogP contribution in [0.25, 0.3) is 0 Å². The number of allylic oxidation sites excluding steroid dienone is 2. The molecule has 1 nitrogen and oxygen atoms in total. The van der Waals surface area contributed by atoms with Crippen molar-refractivity contribution in [3.05, 3.63) is 23.8 Å². The molecule has 0 aromatic rings. The van der Waals surface area contributed by atoms with Gasteiger partial charge in [0, 0.05) is 0 Å². The second kappa shape index (κ2) is 5.26. The topological polar surface area (TPSA) is 9.23 Å². The summed E-state index contributed by atoms with van der Waals surface area (Å²) < 4.78 is 6.56. The van der Waals surface area contributed by atoms with E-state index in [0.717, 1.165) is 24.7 Å². The van der Waals surface area contributed by atoms with Crippen LogP contribution in [0.5, 0.6) is 0 Å². The van der Waals surface area contributed by atoms with E-state index in [1.165, 1.54) is 43.3 Å². The third-order valence-corrected chi connectivity index (χ3v) is 6.58. The summed E-state index contributed by atoms with van der Waals surface area (Å²) in [6.07, 6.45) is 11.5. The van der Waals surface area contributed by atoms with E-state index in [1.54, 1.807) is 0 Å².